The van der Waals surface area contributed by atoms with E-state index in [4.69, 9.17) is 0 Å². The number of amides is 1. The third-order valence-electron chi connectivity index (χ3n) is 7.70. The largest absolute Gasteiger partial charge is 0.418 e. The van der Waals surface area contributed by atoms with E-state index in [0.29, 0.717) is 44.0 Å². The fraction of sp³-hybridized carbons (Fsp3) is 0.567. The van der Waals surface area contributed by atoms with E-state index in [-0.39, 0.29) is 17.6 Å². The van der Waals surface area contributed by atoms with E-state index >= 15 is 0 Å². The van der Waals surface area contributed by atoms with Crippen molar-refractivity contribution in [2.75, 3.05) is 49.0 Å². The van der Waals surface area contributed by atoms with Gasteiger partial charge in [-0.15, -0.1) is 0 Å². The van der Waals surface area contributed by atoms with Gasteiger partial charge in [-0.1, -0.05) is 13.8 Å². The van der Waals surface area contributed by atoms with Crippen LogP contribution in [0.3, 0.4) is 0 Å². The molecule has 2 saturated heterocycles. The molecule has 42 heavy (non-hydrogen) atoms. The third-order valence-corrected chi connectivity index (χ3v) is 7.70. The predicted molar refractivity (Wildman–Crippen MR) is 152 cm³/mol. The first-order valence-corrected chi connectivity index (χ1v) is 14.4. The van der Waals surface area contributed by atoms with Gasteiger partial charge in [0.1, 0.15) is 0 Å². The van der Waals surface area contributed by atoms with Gasteiger partial charge in [0.2, 0.25) is 5.91 Å². The van der Waals surface area contributed by atoms with Crippen molar-refractivity contribution in [3.05, 3.63) is 53.6 Å². The summed E-state index contributed by atoms with van der Waals surface area (Å²) < 4.78 is 78.7. The van der Waals surface area contributed by atoms with Crippen LogP contribution in [0, 0.1) is 5.92 Å². The zero-order valence-corrected chi connectivity index (χ0v) is 24.2. The molecule has 0 unspecified atom stereocenters. The summed E-state index contributed by atoms with van der Waals surface area (Å²) in [5.41, 5.74) is 1.75. The molecule has 12 heteroatoms. The van der Waals surface area contributed by atoms with Gasteiger partial charge in [0.05, 0.1) is 23.9 Å². The molecule has 2 N–H and O–H groups in total. The Hall–Kier alpha value is -3.15. The van der Waals surface area contributed by atoms with Crippen molar-refractivity contribution in [2.45, 2.75) is 70.8 Å². The minimum atomic E-state index is -4.53. The molecule has 2 aromatic rings. The highest BCUT2D eigenvalue weighted by molar-refractivity contribution is 5.76. The lowest BCUT2D eigenvalue weighted by Gasteiger charge is -2.35. The number of alkyl halides is 6. The number of halogens is 6. The molecule has 0 bridgehead atoms. The smallest absolute Gasteiger partial charge is 0.382 e. The SMILES string of the molecule is CC.CONc1ccc(NC2CCN(C(=O)CCC3CCN(c4ccc(C(F)(F)F)cc4)CC3)CC2)cc1C(F)(F)F. The van der Waals surface area contributed by atoms with Crippen LogP contribution in [0.25, 0.3) is 0 Å². The molecule has 234 valence electrons. The van der Waals surface area contributed by atoms with Crippen LogP contribution in [-0.4, -0.2) is 50.1 Å². The van der Waals surface area contributed by atoms with E-state index in [2.05, 4.69) is 20.5 Å². The molecule has 0 aromatic heterocycles. The molecule has 2 fully saturated rings. The zero-order chi connectivity index (χ0) is 30.9. The van der Waals surface area contributed by atoms with Crippen LogP contribution in [0.1, 0.15) is 63.5 Å². The molecule has 2 aliphatic rings. The molecular formula is C30H40F6N4O2. The molecule has 4 rings (SSSR count). The van der Waals surface area contributed by atoms with Crippen molar-refractivity contribution in [1.82, 2.24) is 4.90 Å². The number of nitrogens with one attached hydrogen (secondary N) is 2. The van der Waals surface area contributed by atoms with E-state index in [1.54, 1.807) is 6.07 Å². The Kier molecular flexibility index (Phi) is 11.8. The summed E-state index contributed by atoms with van der Waals surface area (Å²) in [6.45, 7) is 6.55. The first-order chi connectivity index (χ1) is 19.9. The van der Waals surface area contributed by atoms with Gasteiger partial charge in [-0.25, -0.2) is 0 Å². The number of anilines is 3. The van der Waals surface area contributed by atoms with E-state index in [1.165, 1.54) is 25.3 Å². The number of carbonyl (C=O) groups excluding carboxylic acids is 1. The predicted octanol–water partition coefficient (Wildman–Crippen LogP) is 7.82. The second kappa shape index (κ2) is 14.8. The average Bonchev–Trinajstić information content (AvgIpc) is 2.97. The number of benzene rings is 2. The number of nitrogens with zero attached hydrogens (tertiary/aromatic N) is 2. The van der Waals surface area contributed by atoms with Gasteiger partial charge >= 0.3 is 12.4 Å². The summed E-state index contributed by atoms with van der Waals surface area (Å²) in [7, 11) is 1.25. The number of hydrogen-bond donors (Lipinski definition) is 2. The molecule has 0 radical (unpaired) electrons. The van der Waals surface area contributed by atoms with Crippen LogP contribution >= 0.6 is 0 Å². The van der Waals surface area contributed by atoms with Crippen molar-refractivity contribution in [1.29, 1.82) is 0 Å². The fourth-order valence-corrected chi connectivity index (χ4v) is 5.40. The van der Waals surface area contributed by atoms with Gasteiger partial charge in [0, 0.05) is 50.0 Å². The molecule has 2 aliphatic heterocycles. The van der Waals surface area contributed by atoms with Crippen LogP contribution in [-0.2, 0) is 22.0 Å². The lowest BCUT2D eigenvalue weighted by molar-refractivity contribution is -0.138. The van der Waals surface area contributed by atoms with Crippen LogP contribution in [0.4, 0.5) is 43.4 Å². The van der Waals surface area contributed by atoms with Gasteiger partial charge in [0.15, 0.2) is 0 Å². The molecule has 0 aliphatic carbocycles. The normalized spacial score (nSPS) is 17.0. The Morgan fingerprint density at radius 2 is 1.50 bits per heavy atom. The summed E-state index contributed by atoms with van der Waals surface area (Å²) >= 11 is 0. The second-order valence-electron chi connectivity index (χ2n) is 10.4. The minimum absolute atomic E-state index is 0.0408. The fourth-order valence-electron chi connectivity index (χ4n) is 5.40. The maximum Gasteiger partial charge on any atom is 0.418 e. The van der Waals surface area contributed by atoms with E-state index in [1.807, 2.05) is 18.7 Å². The minimum Gasteiger partial charge on any atom is -0.382 e. The topological polar surface area (TPSA) is 56.8 Å². The monoisotopic (exact) mass is 602 g/mol. The first kappa shape index (κ1) is 33.4. The van der Waals surface area contributed by atoms with Crippen molar-refractivity contribution >= 4 is 23.0 Å². The van der Waals surface area contributed by atoms with Gasteiger partial charge in [-0.05, 0) is 80.5 Å². The maximum absolute atomic E-state index is 13.4. The highest BCUT2D eigenvalue weighted by Gasteiger charge is 2.34. The summed E-state index contributed by atoms with van der Waals surface area (Å²) in [6.07, 6.45) is -4.66. The summed E-state index contributed by atoms with van der Waals surface area (Å²) in [4.78, 5) is 21.4. The van der Waals surface area contributed by atoms with Crippen LogP contribution < -0.4 is 15.7 Å². The van der Waals surface area contributed by atoms with Gasteiger partial charge < -0.3 is 15.1 Å². The molecule has 0 saturated carbocycles. The standard InChI is InChI=1S/C28H34F6N4O2.C2H6/c1-40-36-25-8-5-22(18-24(25)28(32,33)34)35-21-12-16-38(17-13-21)26(39)9-2-19-10-14-37(15-11-19)23-6-3-20(4-7-23)27(29,30)31;1-2/h3-8,18-19,21,35-36H,2,9-17H2,1H3;1-2H3. The van der Waals surface area contributed by atoms with Crippen molar-refractivity contribution in [3.63, 3.8) is 0 Å². The quantitative estimate of drug-likeness (QED) is 0.238. The Morgan fingerprint density at radius 1 is 0.881 bits per heavy atom. The molecule has 1 amide bonds. The molecular weight excluding hydrogens is 562 g/mol. The number of carbonyl (C=O) groups is 1. The lowest BCUT2D eigenvalue weighted by Crippen LogP contribution is -2.42. The summed E-state index contributed by atoms with van der Waals surface area (Å²) in [5, 5.41) is 3.17. The number of likely N-dealkylation sites (tertiary alicyclic amines) is 1. The average molecular weight is 603 g/mol. The van der Waals surface area contributed by atoms with Crippen molar-refractivity contribution in [3.8, 4) is 0 Å². The first-order valence-electron chi connectivity index (χ1n) is 14.4. The number of piperidine rings is 2. The Morgan fingerprint density at radius 3 is 2.05 bits per heavy atom. The molecule has 0 atom stereocenters. The van der Waals surface area contributed by atoms with Crippen LogP contribution in [0.2, 0.25) is 0 Å². The number of hydrogen-bond acceptors (Lipinski definition) is 5. The van der Waals surface area contributed by atoms with Crippen molar-refractivity contribution < 1.29 is 36.0 Å². The highest BCUT2D eigenvalue weighted by atomic mass is 19.4. The van der Waals surface area contributed by atoms with Gasteiger partial charge in [0.25, 0.3) is 0 Å². The lowest BCUT2D eigenvalue weighted by atomic mass is 9.91. The summed E-state index contributed by atoms with van der Waals surface area (Å²) in [6, 6.07) is 9.13. The summed E-state index contributed by atoms with van der Waals surface area (Å²) in [5.74, 6) is 0.463. The van der Waals surface area contributed by atoms with E-state index in [9.17, 15) is 31.1 Å². The molecule has 6 nitrogen and oxygen atoms in total. The highest BCUT2D eigenvalue weighted by Crippen LogP contribution is 2.37. The maximum atomic E-state index is 13.4. The van der Waals surface area contributed by atoms with Crippen molar-refractivity contribution in [2.24, 2.45) is 5.92 Å². The van der Waals surface area contributed by atoms with Crippen LogP contribution in [0.15, 0.2) is 42.5 Å². The van der Waals surface area contributed by atoms with Gasteiger partial charge in [-0.3, -0.25) is 15.1 Å². The van der Waals surface area contributed by atoms with Crippen LogP contribution in [0.5, 0.6) is 0 Å². The Labute approximate surface area is 243 Å². The molecule has 2 heterocycles. The second-order valence-corrected chi connectivity index (χ2v) is 10.4. The van der Waals surface area contributed by atoms with Gasteiger partial charge in [-0.2, -0.15) is 26.3 Å². The number of rotatable bonds is 8. The molecule has 2 aromatic carbocycles. The third kappa shape index (κ3) is 9.17. The van der Waals surface area contributed by atoms with E-state index in [0.717, 1.165) is 56.2 Å². The zero-order valence-electron chi connectivity index (χ0n) is 24.2. The Bertz CT molecular complexity index is 1120. The Balaban J connectivity index is 0.00000237. The molecule has 0 spiro atoms. The van der Waals surface area contributed by atoms with E-state index < -0.39 is 23.5 Å².